The van der Waals surface area contributed by atoms with Gasteiger partial charge in [-0.05, 0) is 18.6 Å². The minimum Gasteiger partial charge on any atom is -0.493 e. The number of carbonyl (C=O) groups excluding carboxylic acids is 1. The number of hydrogen-bond acceptors (Lipinski definition) is 3. The van der Waals surface area contributed by atoms with Crippen molar-refractivity contribution >= 4 is 17.6 Å². The fourth-order valence-electron chi connectivity index (χ4n) is 1.52. The highest BCUT2D eigenvalue weighted by Crippen LogP contribution is 2.26. The standard InChI is InChI=1S/C12H14ClFO3/c1-3-17-11(15)6-8-4-9(7-13)12(16-2)10(14)5-8/h4-5H,3,6-7H2,1-2H3. The largest absolute Gasteiger partial charge is 0.493 e. The molecule has 0 saturated heterocycles. The minimum atomic E-state index is -0.523. The smallest absolute Gasteiger partial charge is 0.310 e. The molecule has 0 unspecified atom stereocenters. The predicted octanol–water partition coefficient (Wildman–Crippen LogP) is 2.68. The van der Waals surface area contributed by atoms with Crippen molar-refractivity contribution in [1.29, 1.82) is 0 Å². The van der Waals surface area contributed by atoms with Gasteiger partial charge in [0.1, 0.15) is 0 Å². The summed E-state index contributed by atoms with van der Waals surface area (Å²) in [7, 11) is 1.37. The molecule has 0 aliphatic carbocycles. The van der Waals surface area contributed by atoms with E-state index in [0.717, 1.165) is 0 Å². The molecule has 5 heteroatoms. The van der Waals surface area contributed by atoms with E-state index in [4.69, 9.17) is 21.1 Å². The molecule has 1 aromatic carbocycles. The number of halogens is 2. The third kappa shape index (κ3) is 3.60. The molecule has 3 nitrogen and oxygen atoms in total. The first-order valence-corrected chi connectivity index (χ1v) is 5.72. The van der Waals surface area contributed by atoms with Crippen molar-refractivity contribution in [1.82, 2.24) is 0 Å². The van der Waals surface area contributed by atoms with Crippen LogP contribution in [0.5, 0.6) is 5.75 Å². The van der Waals surface area contributed by atoms with Crippen LogP contribution in [0.4, 0.5) is 4.39 Å². The maximum absolute atomic E-state index is 13.6. The van der Waals surface area contributed by atoms with Gasteiger partial charge in [-0.3, -0.25) is 4.79 Å². The van der Waals surface area contributed by atoms with Gasteiger partial charge in [-0.1, -0.05) is 6.07 Å². The molecule has 0 N–H and O–H groups in total. The summed E-state index contributed by atoms with van der Waals surface area (Å²) in [5.74, 6) is -0.674. The maximum Gasteiger partial charge on any atom is 0.310 e. The summed E-state index contributed by atoms with van der Waals surface area (Å²) in [6.07, 6.45) is 0.0264. The van der Waals surface area contributed by atoms with Crippen molar-refractivity contribution in [3.8, 4) is 5.75 Å². The van der Waals surface area contributed by atoms with Crippen LogP contribution in [0, 0.1) is 5.82 Å². The van der Waals surface area contributed by atoms with E-state index in [2.05, 4.69) is 0 Å². The Bertz CT molecular complexity index is 407. The summed E-state index contributed by atoms with van der Waals surface area (Å²) >= 11 is 5.69. The lowest BCUT2D eigenvalue weighted by Gasteiger charge is -2.10. The normalized spacial score (nSPS) is 10.1. The average Bonchev–Trinajstić information content (AvgIpc) is 2.28. The number of benzene rings is 1. The first-order chi connectivity index (χ1) is 8.12. The summed E-state index contributed by atoms with van der Waals surface area (Å²) in [4.78, 5) is 11.3. The second-order valence-electron chi connectivity index (χ2n) is 3.39. The lowest BCUT2D eigenvalue weighted by molar-refractivity contribution is -0.142. The molecular weight excluding hydrogens is 247 g/mol. The van der Waals surface area contributed by atoms with Crippen molar-refractivity contribution in [3.63, 3.8) is 0 Å². The van der Waals surface area contributed by atoms with Crippen LogP contribution < -0.4 is 4.74 Å². The lowest BCUT2D eigenvalue weighted by Crippen LogP contribution is -2.08. The molecule has 1 aromatic rings. The highest BCUT2D eigenvalue weighted by Gasteiger charge is 2.13. The Morgan fingerprint density at radius 3 is 2.71 bits per heavy atom. The van der Waals surface area contributed by atoms with Crippen molar-refractivity contribution in [3.05, 3.63) is 29.1 Å². The van der Waals surface area contributed by atoms with Crippen LogP contribution >= 0.6 is 11.6 Å². The van der Waals surface area contributed by atoms with Gasteiger partial charge in [-0.2, -0.15) is 0 Å². The van der Waals surface area contributed by atoms with Gasteiger partial charge in [-0.15, -0.1) is 11.6 Å². The van der Waals surface area contributed by atoms with E-state index >= 15 is 0 Å². The molecule has 0 heterocycles. The predicted molar refractivity (Wildman–Crippen MR) is 62.8 cm³/mol. The molecule has 0 fully saturated rings. The number of ether oxygens (including phenoxy) is 2. The maximum atomic E-state index is 13.6. The number of rotatable bonds is 5. The fraction of sp³-hybridized carbons (Fsp3) is 0.417. The number of esters is 1. The van der Waals surface area contributed by atoms with Gasteiger partial charge in [0.25, 0.3) is 0 Å². The SMILES string of the molecule is CCOC(=O)Cc1cc(F)c(OC)c(CCl)c1. The summed E-state index contributed by atoms with van der Waals surface area (Å²) < 4.78 is 23.3. The Kier molecular flexibility index (Phi) is 5.22. The van der Waals surface area contributed by atoms with Crippen molar-refractivity contribution in [2.75, 3.05) is 13.7 Å². The van der Waals surface area contributed by atoms with Crippen molar-refractivity contribution in [2.45, 2.75) is 19.2 Å². The molecule has 0 aromatic heterocycles. The Labute approximate surface area is 104 Å². The van der Waals surface area contributed by atoms with Gasteiger partial charge >= 0.3 is 5.97 Å². The summed E-state index contributed by atoms with van der Waals surface area (Å²) in [5.41, 5.74) is 1.05. The second kappa shape index (κ2) is 6.45. The monoisotopic (exact) mass is 260 g/mol. The summed E-state index contributed by atoms with van der Waals surface area (Å²) in [6.45, 7) is 2.02. The zero-order valence-electron chi connectivity index (χ0n) is 9.76. The highest BCUT2D eigenvalue weighted by molar-refractivity contribution is 6.17. The van der Waals surface area contributed by atoms with Crippen LogP contribution in [-0.2, 0) is 21.8 Å². The van der Waals surface area contributed by atoms with Gasteiger partial charge in [-0.25, -0.2) is 4.39 Å². The van der Waals surface area contributed by atoms with Crippen LogP contribution in [0.25, 0.3) is 0 Å². The van der Waals surface area contributed by atoms with Gasteiger partial charge in [0.05, 0.1) is 26.0 Å². The second-order valence-corrected chi connectivity index (χ2v) is 3.65. The number of alkyl halides is 1. The molecule has 0 radical (unpaired) electrons. The van der Waals surface area contributed by atoms with E-state index in [1.54, 1.807) is 13.0 Å². The molecule has 0 spiro atoms. The van der Waals surface area contributed by atoms with Crippen LogP contribution in [0.15, 0.2) is 12.1 Å². The van der Waals surface area contributed by atoms with E-state index in [0.29, 0.717) is 17.7 Å². The van der Waals surface area contributed by atoms with Gasteiger partial charge in [0.2, 0.25) is 0 Å². The Morgan fingerprint density at radius 1 is 1.47 bits per heavy atom. The van der Waals surface area contributed by atoms with Crippen LogP contribution in [-0.4, -0.2) is 19.7 Å². The summed E-state index contributed by atoms with van der Waals surface area (Å²) in [5, 5.41) is 0. The third-order valence-electron chi connectivity index (χ3n) is 2.18. The topological polar surface area (TPSA) is 35.5 Å². The Balaban J connectivity index is 2.95. The van der Waals surface area contributed by atoms with Gasteiger partial charge in [0.15, 0.2) is 11.6 Å². The number of carbonyl (C=O) groups is 1. The van der Waals surface area contributed by atoms with Crippen molar-refractivity contribution < 1.29 is 18.7 Å². The third-order valence-corrected chi connectivity index (χ3v) is 2.47. The van der Waals surface area contributed by atoms with E-state index in [1.807, 2.05) is 0 Å². The molecule has 0 amide bonds. The molecule has 0 atom stereocenters. The average molecular weight is 261 g/mol. The van der Waals surface area contributed by atoms with Gasteiger partial charge in [0, 0.05) is 5.56 Å². The molecule has 94 valence electrons. The molecule has 0 aliphatic rings. The first kappa shape index (κ1) is 13.8. The van der Waals surface area contributed by atoms with E-state index in [-0.39, 0.29) is 18.1 Å². The zero-order chi connectivity index (χ0) is 12.8. The lowest BCUT2D eigenvalue weighted by atomic mass is 10.1. The molecule has 0 aliphatic heterocycles. The van der Waals surface area contributed by atoms with E-state index in [1.165, 1.54) is 13.2 Å². The number of hydrogen-bond donors (Lipinski definition) is 0. The van der Waals surface area contributed by atoms with Crippen LogP contribution in [0.3, 0.4) is 0 Å². The number of methoxy groups -OCH3 is 1. The molecule has 0 bridgehead atoms. The van der Waals surface area contributed by atoms with E-state index in [9.17, 15) is 9.18 Å². The van der Waals surface area contributed by atoms with Gasteiger partial charge < -0.3 is 9.47 Å². The first-order valence-electron chi connectivity index (χ1n) is 5.19. The molecule has 0 saturated carbocycles. The quantitative estimate of drug-likeness (QED) is 0.603. The summed E-state index contributed by atoms with van der Waals surface area (Å²) in [6, 6.07) is 2.90. The molecule has 1 rings (SSSR count). The Morgan fingerprint density at radius 2 is 2.18 bits per heavy atom. The highest BCUT2D eigenvalue weighted by atomic mass is 35.5. The Hall–Kier alpha value is -1.29. The molecule has 17 heavy (non-hydrogen) atoms. The van der Waals surface area contributed by atoms with E-state index < -0.39 is 11.8 Å². The minimum absolute atomic E-state index is 0.0264. The zero-order valence-corrected chi connectivity index (χ0v) is 10.5. The van der Waals surface area contributed by atoms with Crippen LogP contribution in [0.2, 0.25) is 0 Å². The fourth-order valence-corrected chi connectivity index (χ4v) is 1.72. The van der Waals surface area contributed by atoms with Crippen LogP contribution in [0.1, 0.15) is 18.1 Å². The van der Waals surface area contributed by atoms with Crippen molar-refractivity contribution in [2.24, 2.45) is 0 Å². The molecular formula is C12H14ClFO3.